The van der Waals surface area contributed by atoms with Gasteiger partial charge in [-0.2, -0.15) is 0 Å². The average Bonchev–Trinajstić information content (AvgIpc) is 2.94. The summed E-state index contributed by atoms with van der Waals surface area (Å²) < 4.78 is 0. The minimum absolute atomic E-state index is 0.220. The van der Waals surface area contributed by atoms with E-state index >= 15 is 0 Å². The number of aromatic hydroxyl groups is 1. The van der Waals surface area contributed by atoms with Gasteiger partial charge in [0.2, 0.25) is 0 Å². The van der Waals surface area contributed by atoms with E-state index in [1.165, 1.54) is 24.8 Å². The number of aliphatic hydroxyl groups excluding tert-OH is 2. The van der Waals surface area contributed by atoms with Crippen molar-refractivity contribution in [3.8, 4) is 5.75 Å². The van der Waals surface area contributed by atoms with Gasteiger partial charge in [-0.25, -0.2) is 0 Å². The lowest BCUT2D eigenvalue weighted by Gasteiger charge is -2.32. The first-order valence-corrected chi connectivity index (χ1v) is 11.2. The summed E-state index contributed by atoms with van der Waals surface area (Å²) in [5.41, 5.74) is 2.34. The van der Waals surface area contributed by atoms with Gasteiger partial charge >= 0.3 is 0 Å². The van der Waals surface area contributed by atoms with Crippen LogP contribution < -0.4 is 0 Å². The number of hydrogen-bond donors (Lipinski definition) is 3. The molecule has 0 bridgehead atoms. The lowest BCUT2D eigenvalue weighted by atomic mass is 9.73. The van der Waals surface area contributed by atoms with Gasteiger partial charge in [0, 0.05) is 0 Å². The molecule has 0 heterocycles. The van der Waals surface area contributed by atoms with E-state index in [0.717, 1.165) is 50.5 Å². The van der Waals surface area contributed by atoms with E-state index in [-0.39, 0.29) is 12.2 Å². The van der Waals surface area contributed by atoms with Crippen LogP contribution in [0.2, 0.25) is 0 Å². The summed E-state index contributed by atoms with van der Waals surface area (Å²) in [4.78, 5) is 0. The molecule has 1 aromatic carbocycles. The van der Waals surface area contributed by atoms with Gasteiger partial charge in [0.15, 0.2) is 0 Å². The van der Waals surface area contributed by atoms with Gasteiger partial charge in [-0.05, 0) is 73.5 Å². The maximum Gasteiger partial charge on any atom is 0.119 e. The Balaban J connectivity index is 0.000000817. The van der Waals surface area contributed by atoms with Crippen LogP contribution >= 0.6 is 0 Å². The van der Waals surface area contributed by atoms with E-state index in [1.54, 1.807) is 6.07 Å². The molecule has 5 atom stereocenters. The van der Waals surface area contributed by atoms with Crippen molar-refractivity contribution in [3.05, 3.63) is 29.3 Å². The summed E-state index contributed by atoms with van der Waals surface area (Å²) in [6, 6.07) is 5.81. The second-order valence-electron chi connectivity index (χ2n) is 8.65. The standard InChI is InChI=1S/C21H32O3.C3H8/c1-2-3-4-7-16(22)9-10-17-18-11-14-6-5-8-20(23)19(14)12-15(18)13-21(17)24;1-3-2/h5-6,8,15-18,21-24H,2-4,7,9-13H2,1H3;3H2,1-2H3/t15?,16?,17?,18?,21-;/m1./s1. The highest BCUT2D eigenvalue weighted by Crippen LogP contribution is 2.48. The van der Waals surface area contributed by atoms with Gasteiger partial charge in [0.05, 0.1) is 12.2 Å². The number of phenolic OH excluding ortho intramolecular Hbond substituents is 1. The number of rotatable bonds is 7. The van der Waals surface area contributed by atoms with Gasteiger partial charge < -0.3 is 15.3 Å². The van der Waals surface area contributed by atoms with E-state index in [2.05, 4.69) is 26.8 Å². The fourth-order valence-electron chi connectivity index (χ4n) is 4.98. The Labute approximate surface area is 165 Å². The Bertz CT molecular complexity index is 557. The lowest BCUT2D eigenvalue weighted by molar-refractivity contribution is 0.0869. The first kappa shape index (κ1) is 22.2. The van der Waals surface area contributed by atoms with E-state index < -0.39 is 0 Å². The van der Waals surface area contributed by atoms with Crippen LogP contribution in [0.3, 0.4) is 0 Å². The predicted octanol–water partition coefficient (Wildman–Crippen LogP) is 5.24. The van der Waals surface area contributed by atoms with E-state index in [1.807, 2.05) is 6.07 Å². The smallest absolute Gasteiger partial charge is 0.119 e. The molecule has 3 heteroatoms. The van der Waals surface area contributed by atoms with Crippen molar-refractivity contribution in [3.63, 3.8) is 0 Å². The molecule has 0 aliphatic heterocycles. The lowest BCUT2D eigenvalue weighted by Crippen LogP contribution is -2.27. The van der Waals surface area contributed by atoms with Crippen LogP contribution in [0.1, 0.15) is 83.3 Å². The molecular formula is C24H40O3. The second-order valence-corrected chi connectivity index (χ2v) is 8.65. The molecule has 0 spiro atoms. The maximum absolute atomic E-state index is 10.6. The van der Waals surface area contributed by atoms with Crippen molar-refractivity contribution in [1.29, 1.82) is 0 Å². The molecule has 2 aliphatic carbocycles. The SMILES string of the molecule is CCC.CCCCCC(O)CCC1C2Cc3cccc(O)c3CC2C[C@H]1O. The summed E-state index contributed by atoms with van der Waals surface area (Å²) in [5.74, 6) is 1.68. The number of aliphatic hydroxyl groups is 2. The van der Waals surface area contributed by atoms with Gasteiger partial charge in [-0.15, -0.1) is 0 Å². The molecule has 1 saturated carbocycles. The second kappa shape index (κ2) is 11.1. The largest absolute Gasteiger partial charge is 0.508 e. The predicted molar refractivity (Wildman–Crippen MR) is 112 cm³/mol. The molecule has 27 heavy (non-hydrogen) atoms. The third-order valence-electron chi connectivity index (χ3n) is 6.34. The third kappa shape index (κ3) is 5.96. The van der Waals surface area contributed by atoms with Crippen LogP contribution in [-0.4, -0.2) is 27.5 Å². The number of unbranched alkanes of at least 4 members (excludes halogenated alkanes) is 2. The Morgan fingerprint density at radius 1 is 1.07 bits per heavy atom. The average molecular weight is 377 g/mol. The molecule has 3 rings (SSSR count). The van der Waals surface area contributed by atoms with Crippen molar-refractivity contribution >= 4 is 0 Å². The molecule has 3 N–H and O–H groups in total. The van der Waals surface area contributed by atoms with E-state index in [0.29, 0.717) is 23.5 Å². The van der Waals surface area contributed by atoms with Crippen LogP contribution in [0, 0.1) is 17.8 Å². The molecule has 3 nitrogen and oxygen atoms in total. The molecule has 2 aliphatic rings. The van der Waals surface area contributed by atoms with Gasteiger partial charge in [-0.3, -0.25) is 0 Å². The van der Waals surface area contributed by atoms with Crippen molar-refractivity contribution in [2.75, 3.05) is 0 Å². The number of benzene rings is 1. The van der Waals surface area contributed by atoms with E-state index in [4.69, 9.17) is 0 Å². The minimum atomic E-state index is -0.251. The Hall–Kier alpha value is -1.06. The van der Waals surface area contributed by atoms with Gasteiger partial charge in [-0.1, -0.05) is 58.6 Å². The highest BCUT2D eigenvalue weighted by atomic mass is 16.3. The molecule has 4 unspecified atom stereocenters. The summed E-state index contributed by atoms with van der Waals surface area (Å²) in [5, 5.41) is 30.8. The zero-order valence-corrected chi connectivity index (χ0v) is 17.5. The quantitative estimate of drug-likeness (QED) is 0.570. The van der Waals surface area contributed by atoms with Gasteiger partial charge in [0.25, 0.3) is 0 Å². The highest BCUT2D eigenvalue weighted by Gasteiger charge is 2.44. The Kier molecular flexibility index (Phi) is 9.11. The van der Waals surface area contributed by atoms with Crippen molar-refractivity contribution in [1.82, 2.24) is 0 Å². The number of fused-ring (bicyclic) bond motifs is 2. The number of hydrogen-bond acceptors (Lipinski definition) is 3. The summed E-state index contributed by atoms with van der Waals surface area (Å²) in [6.07, 6.45) is 9.56. The Morgan fingerprint density at radius 3 is 2.52 bits per heavy atom. The number of phenols is 1. The summed E-state index contributed by atoms with van der Waals surface area (Å²) >= 11 is 0. The van der Waals surface area contributed by atoms with Crippen LogP contribution in [0.15, 0.2) is 18.2 Å². The minimum Gasteiger partial charge on any atom is -0.508 e. The molecule has 1 fully saturated rings. The van der Waals surface area contributed by atoms with Crippen molar-refractivity contribution in [2.45, 2.75) is 97.2 Å². The van der Waals surface area contributed by atoms with Crippen molar-refractivity contribution in [2.24, 2.45) is 17.8 Å². The molecule has 0 amide bonds. The summed E-state index contributed by atoms with van der Waals surface area (Å²) in [7, 11) is 0. The normalized spacial score (nSPS) is 27.3. The van der Waals surface area contributed by atoms with E-state index in [9.17, 15) is 15.3 Å². The third-order valence-corrected chi connectivity index (χ3v) is 6.34. The topological polar surface area (TPSA) is 60.7 Å². The first-order chi connectivity index (χ1) is 13.0. The maximum atomic E-state index is 10.6. The van der Waals surface area contributed by atoms with Crippen LogP contribution in [0.4, 0.5) is 0 Å². The zero-order chi connectivity index (χ0) is 19.8. The summed E-state index contributed by atoms with van der Waals surface area (Å²) in [6.45, 7) is 6.43. The first-order valence-electron chi connectivity index (χ1n) is 11.2. The Morgan fingerprint density at radius 2 is 1.81 bits per heavy atom. The molecular weight excluding hydrogens is 336 g/mol. The van der Waals surface area contributed by atoms with Crippen LogP contribution in [0.5, 0.6) is 5.75 Å². The van der Waals surface area contributed by atoms with Crippen molar-refractivity contribution < 1.29 is 15.3 Å². The monoisotopic (exact) mass is 376 g/mol. The fraction of sp³-hybridized carbons (Fsp3) is 0.750. The molecule has 0 radical (unpaired) electrons. The molecule has 1 aromatic rings. The van der Waals surface area contributed by atoms with Crippen LogP contribution in [0.25, 0.3) is 0 Å². The zero-order valence-electron chi connectivity index (χ0n) is 17.5. The molecule has 0 aromatic heterocycles. The molecule has 154 valence electrons. The van der Waals surface area contributed by atoms with Crippen LogP contribution in [-0.2, 0) is 12.8 Å². The molecule has 0 saturated heterocycles. The highest BCUT2D eigenvalue weighted by molar-refractivity contribution is 5.42. The fourth-order valence-corrected chi connectivity index (χ4v) is 4.98. The van der Waals surface area contributed by atoms with Gasteiger partial charge in [0.1, 0.15) is 5.75 Å².